The predicted molar refractivity (Wildman–Crippen MR) is 95.0 cm³/mol. The number of amides is 1. The number of carbonyl (C=O) groups excluding carboxylic acids is 2. The second-order valence-electron chi connectivity index (χ2n) is 7.27. The number of rotatable bonds is 5. The smallest absolute Gasteiger partial charge is 0.292 e. The van der Waals surface area contributed by atoms with E-state index in [4.69, 9.17) is 0 Å². The molecule has 1 N–H and O–H groups in total. The van der Waals surface area contributed by atoms with Crippen LogP contribution in [0.5, 0.6) is 0 Å². The second-order valence-corrected chi connectivity index (χ2v) is 7.27. The molecule has 0 aromatic heterocycles. The fourth-order valence-electron chi connectivity index (χ4n) is 4.05. The summed E-state index contributed by atoms with van der Waals surface area (Å²) in [5.41, 5.74) is 0.463. The monoisotopic (exact) mass is 328 g/mol. The Bertz CT molecular complexity index is 552. The summed E-state index contributed by atoms with van der Waals surface area (Å²) < 4.78 is 0. The number of carbonyl (C=O) groups is 2. The van der Waals surface area contributed by atoms with Crippen LogP contribution in [-0.2, 0) is 4.79 Å². The van der Waals surface area contributed by atoms with Crippen LogP contribution in [0.15, 0.2) is 30.3 Å². The molecular weight excluding hydrogens is 300 g/mol. The molecule has 1 saturated carbocycles. The molecule has 1 atom stereocenters. The maximum atomic E-state index is 12.2. The Kier molecular flexibility index (Phi) is 6.02. The first kappa shape index (κ1) is 17.2. The maximum absolute atomic E-state index is 12.2. The summed E-state index contributed by atoms with van der Waals surface area (Å²) in [6, 6.07) is 8.90. The van der Waals surface area contributed by atoms with Crippen molar-refractivity contribution < 1.29 is 9.59 Å². The molecule has 0 spiro atoms. The number of hydrogen-bond donors (Lipinski definition) is 1. The minimum atomic E-state index is -0.467. The van der Waals surface area contributed by atoms with Gasteiger partial charge in [0.05, 0.1) is 0 Å². The van der Waals surface area contributed by atoms with E-state index in [1.54, 1.807) is 24.3 Å². The van der Waals surface area contributed by atoms with Crippen LogP contribution in [0, 0.1) is 5.92 Å². The lowest BCUT2D eigenvalue weighted by Crippen LogP contribution is -2.50. The molecule has 3 rings (SSSR count). The van der Waals surface area contributed by atoms with Gasteiger partial charge >= 0.3 is 0 Å². The van der Waals surface area contributed by atoms with Crippen LogP contribution in [0.1, 0.15) is 55.3 Å². The standard InChI is InChI=1S/C20H28N2O2/c23-19(17-10-5-2-6-11-17)20(24)21-18-12-7-13-22(15-18)14-16-8-3-1-4-9-16/h2,5-6,10-11,16,18H,1,3-4,7-9,12-15H2,(H,21,24). The molecule has 1 aromatic carbocycles. The highest BCUT2D eigenvalue weighted by atomic mass is 16.2. The lowest BCUT2D eigenvalue weighted by atomic mass is 9.88. The summed E-state index contributed by atoms with van der Waals surface area (Å²) in [6.45, 7) is 3.15. The van der Waals surface area contributed by atoms with Gasteiger partial charge in [-0.25, -0.2) is 0 Å². The highest BCUT2D eigenvalue weighted by Gasteiger charge is 2.26. The average Bonchev–Trinajstić information content (AvgIpc) is 2.63. The van der Waals surface area contributed by atoms with Crippen molar-refractivity contribution in [2.24, 2.45) is 5.92 Å². The van der Waals surface area contributed by atoms with Gasteiger partial charge in [-0.3, -0.25) is 9.59 Å². The van der Waals surface area contributed by atoms with E-state index >= 15 is 0 Å². The third-order valence-corrected chi connectivity index (χ3v) is 5.32. The van der Waals surface area contributed by atoms with Gasteiger partial charge in [-0.1, -0.05) is 49.6 Å². The third-order valence-electron chi connectivity index (χ3n) is 5.32. The summed E-state index contributed by atoms with van der Waals surface area (Å²) in [5.74, 6) is -0.0788. The summed E-state index contributed by atoms with van der Waals surface area (Å²) in [7, 11) is 0. The number of hydrogen-bond acceptors (Lipinski definition) is 3. The normalized spacial score (nSPS) is 22.9. The van der Waals surface area contributed by atoms with E-state index in [2.05, 4.69) is 10.2 Å². The van der Waals surface area contributed by atoms with Crippen molar-refractivity contribution in [1.82, 2.24) is 10.2 Å². The van der Waals surface area contributed by atoms with Crippen molar-refractivity contribution in [3.8, 4) is 0 Å². The zero-order chi connectivity index (χ0) is 16.8. The molecule has 1 aliphatic carbocycles. The van der Waals surface area contributed by atoms with Crippen molar-refractivity contribution >= 4 is 11.7 Å². The molecule has 24 heavy (non-hydrogen) atoms. The van der Waals surface area contributed by atoms with Crippen LogP contribution >= 0.6 is 0 Å². The Labute approximate surface area is 144 Å². The summed E-state index contributed by atoms with van der Waals surface area (Å²) in [6.07, 6.45) is 8.87. The third kappa shape index (κ3) is 4.67. The maximum Gasteiger partial charge on any atom is 0.292 e. The molecule has 4 heteroatoms. The molecule has 1 heterocycles. The van der Waals surface area contributed by atoms with Gasteiger partial charge in [-0.05, 0) is 38.1 Å². The molecule has 1 aliphatic heterocycles. The first-order valence-corrected chi connectivity index (χ1v) is 9.35. The fraction of sp³-hybridized carbons (Fsp3) is 0.600. The minimum absolute atomic E-state index is 0.0995. The van der Waals surface area contributed by atoms with E-state index in [1.165, 1.54) is 32.1 Å². The van der Waals surface area contributed by atoms with E-state index in [0.29, 0.717) is 5.56 Å². The molecule has 1 saturated heterocycles. The van der Waals surface area contributed by atoms with Crippen LogP contribution in [0.4, 0.5) is 0 Å². The average molecular weight is 328 g/mol. The van der Waals surface area contributed by atoms with Gasteiger partial charge < -0.3 is 10.2 Å². The van der Waals surface area contributed by atoms with E-state index in [0.717, 1.165) is 38.4 Å². The lowest BCUT2D eigenvalue weighted by Gasteiger charge is -2.36. The molecule has 4 nitrogen and oxygen atoms in total. The fourth-order valence-corrected chi connectivity index (χ4v) is 4.05. The van der Waals surface area contributed by atoms with E-state index in [1.807, 2.05) is 6.07 Å². The van der Waals surface area contributed by atoms with Crippen LogP contribution in [0.25, 0.3) is 0 Å². The van der Waals surface area contributed by atoms with Crippen molar-refractivity contribution in [3.63, 3.8) is 0 Å². The van der Waals surface area contributed by atoms with Crippen LogP contribution in [-0.4, -0.2) is 42.3 Å². The van der Waals surface area contributed by atoms with E-state index < -0.39 is 11.7 Å². The lowest BCUT2D eigenvalue weighted by molar-refractivity contribution is -0.118. The molecule has 1 aromatic rings. The predicted octanol–water partition coefficient (Wildman–Crippen LogP) is 3.03. The number of ketones is 1. The number of piperidine rings is 1. The molecule has 0 radical (unpaired) electrons. The van der Waals surface area contributed by atoms with Gasteiger partial charge in [-0.2, -0.15) is 0 Å². The van der Waals surface area contributed by atoms with Gasteiger partial charge in [0.25, 0.3) is 5.91 Å². The molecule has 2 fully saturated rings. The topological polar surface area (TPSA) is 49.4 Å². The van der Waals surface area contributed by atoms with Crippen molar-refractivity contribution in [3.05, 3.63) is 35.9 Å². The van der Waals surface area contributed by atoms with Gasteiger partial charge in [0.1, 0.15) is 0 Å². The zero-order valence-corrected chi connectivity index (χ0v) is 14.4. The molecule has 0 bridgehead atoms. The quantitative estimate of drug-likeness (QED) is 0.668. The summed E-state index contributed by atoms with van der Waals surface area (Å²) >= 11 is 0. The molecular formula is C20H28N2O2. The number of nitrogens with one attached hydrogen (secondary N) is 1. The van der Waals surface area contributed by atoms with Crippen LogP contribution in [0.2, 0.25) is 0 Å². The first-order valence-electron chi connectivity index (χ1n) is 9.35. The van der Waals surface area contributed by atoms with Gasteiger partial charge in [0.15, 0.2) is 0 Å². The minimum Gasteiger partial charge on any atom is -0.345 e. The molecule has 2 aliphatic rings. The Morgan fingerprint density at radius 2 is 1.75 bits per heavy atom. The number of Topliss-reactive ketones (excluding diaryl/α,β-unsaturated/α-hetero) is 1. The van der Waals surface area contributed by atoms with Crippen LogP contribution < -0.4 is 5.32 Å². The Morgan fingerprint density at radius 1 is 1.00 bits per heavy atom. The number of benzene rings is 1. The molecule has 1 amide bonds. The number of nitrogens with zero attached hydrogens (tertiary/aromatic N) is 1. The summed E-state index contributed by atoms with van der Waals surface area (Å²) in [5, 5.41) is 2.95. The van der Waals surface area contributed by atoms with Crippen molar-refractivity contribution in [1.29, 1.82) is 0 Å². The highest BCUT2D eigenvalue weighted by Crippen LogP contribution is 2.25. The first-order chi connectivity index (χ1) is 11.7. The Balaban J connectivity index is 1.49. The zero-order valence-electron chi connectivity index (χ0n) is 14.4. The van der Waals surface area contributed by atoms with Crippen molar-refractivity contribution in [2.75, 3.05) is 19.6 Å². The SMILES string of the molecule is O=C(NC1CCCN(CC2CCCCC2)C1)C(=O)c1ccccc1. The molecule has 130 valence electrons. The Hall–Kier alpha value is -1.68. The summed E-state index contributed by atoms with van der Waals surface area (Å²) in [4.78, 5) is 26.9. The number of likely N-dealkylation sites (tertiary alicyclic amines) is 1. The van der Waals surface area contributed by atoms with Gasteiger partial charge in [-0.15, -0.1) is 0 Å². The largest absolute Gasteiger partial charge is 0.345 e. The van der Waals surface area contributed by atoms with Gasteiger partial charge in [0, 0.05) is 24.7 Å². The van der Waals surface area contributed by atoms with E-state index in [9.17, 15) is 9.59 Å². The van der Waals surface area contributed by atoms with Crippen molar-refractivity contribution in [2.45, 2.75) is 51.0 Å². The van der Waals surface area contributed by atoms with Crippen LogP contribution in [0.3, 0.4) is 0 Å². The second kappa shape index (κ2) is 8.43. The molecule has 1 unspecified atom stereocenters. The van der Waals surface area contributed by atoms with E-state index in [-0.39, 0.29) is 6.04 Å². The van der Waals surface area contributed by atoms with Gasteiger partial charge in [0.2, 0.25) is 5.78 Å². The highest BCUT2D eigenvalue weighted by molar-refractivity contribution is 6.42. The Morgan fingerprint density at radius 3 is 2.50 bits per heavy atom.